The van der Waals surface area contributed by atoms with Crippen molar-refractivity contribution in [1.29, 1.82) is 0 Å². The van der Waals surface area contributed by atoms with Crippen molar-refractivity contribution in [3.05, 3.63) is 0 Å². The molecule has 106 valence electrons. The molecule has 0 aliphatic rings. The van der Waals surface area contributed by atoms with Gasteiger partial charge >= 0.3 is 12.0 Å². The zero-order chi connectivity index (χ0) is 14.0. The van der Waals surface area contributed by atoms with Crippen LogP contribution in [0.4, 0.5) is 4.79 Å². The number of aliphatic carboxylic acids is 1. The molecule has 0 radical (unpaired) electrons. The third-order valence-electron chi connectivity index (χ3n) is 2.55. The molecule has 6 heteroatoms. The average Bonchev–Trinajstić information content (AvgIpc) is 2.33. The minimum atomic E-state index is -0.985. The highest BCUT2D eigenvalue weighted by Gasteiger charge is 2.24. The lowest BCUT2D eigenvalue weighted by atomic mass is 10.2. The van der Waals surface area contributed by atoms with Gasteiger partial charge in [-0.3, -0.25) is 0 Å². The van der Waals surface area contributed by atoms with Gasteiger partial charge in [0.2, 0.25) is 0 Å². The Labute approximate surface area is 108 Å². The van der Waals surface area contributed by atoms with Crippen molar-refractivity contribution < 1.29 is 19.4 Å². The van der Waals surface area contributed by atoms with Gasteiger partial charge in [0, 0.05) is 26.8 Å². The monoisotopic (exact) mass is 260 g/mol. The number of urea groups is 1. The summed E-state index contributed by atoms with van der Waals surface area (Å²) in [6.45, 7) is 5.59. The molecule has 0 aliphatic heterocycles. The van der Waals surface area contributed by atoms with Crippen molar-refractivity contribution in [2.45, 2.75) is 39.2 Å². The van der Waals surface area contributed by atoms with Gasteiger partial charge in [-0.2, -0.15) is 0 Å². The molecule has 0 aromatic carbocycles. The summed E-state index contributed by atoms with van der Waals surface area (Å²) in [7, 11) is 1.49. The number of nitrogens with zero attached hydrogens (tertiary/aromatic N) is 1. The third kappa shape index (κ3) is 6.44. The van der Waals surface area contributed by atoms with E-state index in [1.165, 1.54) is 11.9 Å². The highest BCUT2D eigenvalue weighted by atomic mass is 16.5. The summed E-state index contributed by atoms with van der Waals surface area (Å²) in [6, 6.07) is -1.14. The predicted octanol–water partition coefficient (Wildman–Crippen LogP) is 1.31. The topological polar surface area (TPSA) is 78.9 Å². The Morgan fingerprint density at radius 3 is 2.50 bits per heavy atom. The number of carboxylic acids is 1. The molecule has 1 atom stereocenters. The lowest BCUT2D eigenvalue weighted by molar-refractivity contribution is -0.141. The molecule has 1 unspecified atom stereocenters. The van der Waals surface area contributed by atoms with Gasteiger partial charge in [-0.05, 0) is 19.3 Å². The average molecular weight is 260 g/mol. The van der Waals surface area contributed by atoms with Gasteiger partial charge in [0.1, 0.15) is 6.04 Å². The van der Waals surface area contributed by atoms with Crippen LogP contribution < -0.4 is 5.32 Å². The van der Waals surface area contributed by atoms with Crippen LogP contribution in [-0.4, -0.2) is 54.9 Å². The minimum absolute atomic E-state index is 0.361. The van der Waals surface area contributed by atoms with Crippen LogP contribution >= 0.6 is 0 Å². The molecular formula is C12H24N2O4. The minimum Gasteiger partial charge on any atom is -0.480 e. The lowest BCUT2D eigenvalue weighted by Gasteiger charge is -2.23. The molecule has 0 aromatic heterocycles. The van der Waals surface area contributed by atoms with E-state index >= 15 is 0 Å². The maximum atomic E-state index is 11.6. The fourth-order valence-corrected chi connectivity index (χ4v) is 1.50. The van der Waals surface area contributed by atoms with Crippen LogP contribution in [0.2, 0.25) is 0 Å². The standard InChI is InChI=1S/C12H24N2O4/c1-4-8-18-9-6-7-13-12(17)14(3)10(5-2)11(15)16/h10H,4-9H2,1-3H3,(H,13,17)(H,15,16). The zero-order valence-corrected chi connectivity index (χ0v) is 11.4. The van der Waals surface area contributed by atoms with E-state index < -0.39 is 12.0 Å². The number of carboxylic acid groups (broad SMARTS) is 1. The first-order valence-corrected chi connectivity index (χ1v) is 6.35. The van der Waals surface area contributed by atoms with Crippen LogP contribution in [0.3, 0.4) is 0 Å². The number of rotatable bonds is 9. The summed E-state index contributed by atoms with van der Waals surface area (Å²) in [5.74, 6) is -0.985. The summed E-state index contributed by atoms with van der Waals surface area (Å²) in [6.07, 6.45) is 2.09. The van der Waals surface area contributed by atoms with Crippen LogP contribution in [0.1, 0.15) is 33.1 Å². The second kappa shape index (κ2) is 9.70. The number of amides is 2. The van der Waals surface area contributed by atoms with Crippen LogP contribution in [-0.2, 0) is 9.53 Å². The van der Waals surface area contributed by atoms with Crippen molar-refractivity contribution in [1.82, 2.24) is 10.2 Å². The second-order valence-electron chi connectivity index (χ2n) is 4.07. The Balaban J connectivity index is 3.83. The molecule has 0 spiro atoms. The fourth-order valence-electron chi connectivity index (χ4n) is 1.50. The van der Waals surface area contributed by atoms with Gasteiger partial charge in [-0.25, -0.2) is 9.59 Å². The Morgan fingerprint density at radius 1 is 1.33 bits per heavy atom. The maximum absolute atomic E-state index is 11.6. The summed E-state index contributed by atoms with van der Waals surface area (Å²) < 4.78 is 5.27. The fraction of sp³-hybridized carbons (Fsp3) is 0.833. The van der Waals surface area contributed by atoms with Crippen LogP contribution in [0.25, 0.3) is 0 Å². The van der Waals surface area contributed by atoms with Gasteiger partial charge < -0.3 is 20.1 Å². The summed E-state index contributed by atoms with van der Waals surface area (Å²) >= 11 is 0. The Bertz CT molecular complexity index is 258. The van der Waals surface area contributed by atoms with Crippen molar-refractivity contribution in [2.24, 2.45) is 0 Å². The number of ether oxygens (including phenoxy) is 1. The van der Waals surface area contributed by atoms with E-state index in [0.717, 1.165) is 19.4 Å². The molecule has 0 fully saturated rings. The zero-order valence-electron chi connectivity index (χ0n) is 11.4. The van der Waals surface area contributed by atoms with Crippen molar-refractivity contribution in [3.63, 3.8) is 0 Å². The quantitative estimate of drug-likeness (QED) is 0.613. The van der Waals surface area contributed by atoms with Crippen LogP contribution in [0.15, 0.2) is 0 Å². The lowest BCUT2D eigenvalue weighted by Crippen LogP contribution is -2.47. The van der Waals surface area contributed by atoms with Crippen molar-refractivity contribution >= 4 is 12.0 Å². The second-order valence-corrected chi connectivity index (χ2v) is 4.07. The molecule has 2 N–H and O–H groups in total. The number of carbonyl (C=O) groups excluding carboxylic acids is 1. The molecule has 0 aromatic rings. The Kier molecular flexibility index (Phi) is 9.00. The van der Waals surface area contributed by atoms with Gasteiger partial charge in [-0.1, -0.05) is 13.8 Å². The molecule has 2 amide bonds. The molecule has 0 saturated heterocycles. The van der Waals surface area contributed by atoms with Gasteiger partial charge in [0.15, 0.2) is 0 Å². The molecule has 0 aliphatic carbocycles. The van der Waals surface area contributed by atoms with E-state index in [1.54, 1.807) is 6.92 Å². The smallest absolute Gasteiger partial charge is 0.326 e. The largest absolute Gasteiger partial charge is 0.480 e. The molecule has 0 saturated carbocycles. The first-order valence-electron chi connectivity index (χ1n) is 6.35. The Morgan fingerprint density at radius 2 is 2.00 bits per heavy atom. The van der Waals surface area contributed by atoms with E-state index in [1.807, 2.05) is 6.92 Å². The predicted molar refractivity (Wildman–Crippen MR) is 68.6 cm³/mol. The normalized spacial score (nSPS) is 11.9. The Hall–Kier alpha value is -1.30. The number of carbonyl (C=O) groups is 2. The number of likely N-dealkylation sites (N-methyl/N-ethyl adjacent to an activating group) is 1. The van der Waals surface area contributed by atoms with Crippen LogP contribution in [0, 0.1) is 0 Å². The summed E-state index contributed by atoms with van der Waals surface area (Å²) in [5, 5.41) is 11.6. The number of nitrogens with one attached hydrogen (secondary N) is 1. The van der Waals surface area contributed by atoms with E-state index in [4.69, 9.17) is 9.84 Å². The molecule has 6 nitrogen and oxygen atoms in total. The van der Waals surface area contributed by atoms with Gasteiger partial charge in [0.25, 0.3) is 0 Å². The molecule has 0 rings (SSSR count). The van der Waals surface area contributed by atoms with Crippen molar-refractivity contribution in [2.75, 3.05) is 26.8 Å². The summed E-state index contributed by atoms with van der Waals surface area (Å²) in [5.41, 5.74) is 0. The first-order chi connectivity index (χ1) is 8.54. The first kappa shape index (κ1) is 16.7. The number of hydrogen-bond donors (Lipinski definition) is 2. The molecule has 0 heterocycles. The van der Waals surface area contributed by atoms with Crippen LogP contribution in [0.5, 0.6) is 0 Å². The number of hydrogen-bond acceptors (Lipinski definition) is 3. The van der Waals surface area contributed by atoms with E-state index in [0.29, 0.717) is 19.6 Å². The molecule has 0 bridgehead atoms. The highest BCUT2D eigenvalue weighted by molar-refractivity contribution is 5.82. The van der Waals surface area contributed by atoms with E-state index in [2.05, 4.69) is 5.32 Å². The summed E-state index contributed by atoms with van der Waals surface area (Å²) in [4.78, 5) is 23.7. The van der Waals surface area contributed by atoms with E-state index in [-0.39, 0.29) is 6.03 Å². The molecule has 18 heavy (non-hydrogen) atoms. The van der Waals surface area contributed by atoms with Gasteiger partial charge in [0.05, 0.1) is 0 Å². The molecular weight excluding hydrogens is 236 g/mol. The maximum Gasteiger partial charge on any atom is 0.326 e. The SMILES string of the molecule is CCCOCCCNC(=O)N(C)C(CC)C(=O)O. The van der Waals surface area contributed by atoms with E-state index in [9.17, 15) is 9.59 Å². The van der Waals surface area contributed by atoms with Crippen molar-refractivity contribution in [3.8, 4) is 0 Å². The highest BCUT2D eigenvalue weighted by Crippen LogP contribution is 2.02. The third-order valence-corrected chi connectivity index (χ3v) is 2.55. The van der Waals surface area contributed by atoms with Gasteiger partial charge in [-0.15, -0.1) is 0 Å².